The smallest absolute Gasteiger partial charge is 0.0183 e. The van der Waals surface area contributed by atoms with Crippen LogP contribution >= 0.6 is 0 Å². The summed E-state index contributed by atoms with van der Waals surface area (Å²) >= 11 is 0. The van der Waals surface area contributed by atoms with Gasteiger partial charge in [-0.25, -0.2) is 0 Å². The molecule has 2 fully saturated rings. The van der Waals surface area contributed by atoms with E-state index in [9.17, 15) is 0 Å². The van der Waals surface area contributed by atoms with E-state index >= 15 is 0 Å². The van der Waals surface area contributed by atoms with Crippen molar-refractivity contribution < 1.29 is 0 Å². The maximum absolute atomic E-state index is 6.54. The van der Waals surface area contributed by atoms with Gasteiger partial charge < -0.3 is 10.6 Å². The lowest BCUT2D eigenvalue weighted by molar-refractivity contribution is 0.108. The second-order valence-corrected chi connectivity index (χ2v) is 5.84. The molecule has 0 amide bonds. The van der Waals surface area contributed by atoms with Crippen LogP contribution in [-0.2, 0) is 0 Å². The summed E-state index contributed by atoms with van der Waals surface area (Å²) in [7, 11) is 0. The third-order valence-corrected chi connectivity index (χ3v) is 4.61. The van der Waals surface area contributed by atoms with Gasteiger partial charge in [-0.05, 0) is 58.5 Å². The van der Waals surface area contributed by atoms with Gasteiger partial charge in [-0.15, -0.1) is 0 Å². The Bertz CT molecular complexity index is 199. The number of rotatable bonds is 2. The molecule has 1 aliphatic carbocycles. The zero-order valence-corrected chi connectivity index (χ0v) is 10.3. The number of hydrogen-bond acceptors (Lipinski definition) is 2. The lowest BCUT2D eigenvalue weighted by atomic mass is 9.77. The van der Waals surface area contributed by atoms with Crippen LogP contribution in [0.5, 0.6) is 0 Å². The van der Waals surface area contributed by atoms with Crippen molar-refractivity contribution in [3.8, 4) is 0 Å². The molecule has 1 aliphatic heterocycles. The highest BCUT2D eigenvalue weighted by atomic mass is 15.1. The molecular formula is C13H26N2. The summed E-state index contributed by atoms with van der Waals surface area (Å²) in [6, 6.07) is 0.711. The van der Waals surface area contributed by atoms with Crippen LogP contribution in [0, 0.1) is 5.92 Å². The minimum absolute atomic E-state index is 0.211. The Kier molecular flexibility index (Phi) is 3.36. The molecule has 0 spiro atoms. The maximum Gasteiger partial charge on any atom is 0.0183 e. The van der Waals surface area contributed by atoms with Gasteiger partial charge in [-0.3, -0.25) is 0 Å². The van der Waals surface area contributed by atoms with Crippen molar-refractivity contribution in [1.29, 1.82) is 0 Å². The Labute approximate surface area is 94.2 Å². The first kappa shape index (κ1) is 11.4. The van der Waals surface area contributed by atoms with Gasteiger partial charge in [0.25, 0.3) is 0 Å². The predicted molar refractivity (Wildman–Crippen MR) is 64.8 cm³/mol. The zero-order valence-electron chi connectivity index (χ0n) is 10.3. The summed E-state index contributed by atoms with van der Waals surface area (Å²) in [5.41, 5.74) is 6.75. The molecule has 88 valence electrons. The fourth-order valence-corrected chi connectivity index (χ4v) is 3.43. The highest BCUT2D eigenvalue weighted by molar-refractivity contribution is 4.97. The van der Waals surface area contributed by atoms with Gasteiger partial charge in [0.15, 0.2) is 0 Å². The van der Waals surface area contributed by atoms with E-state index < -0.39 is 0 Å². The molecule has 0 aromatic rings. The Morgan fingerprint density at radius 3 is 2.13 bits per heavy atom. The van der Waals surface area contributed by atoms with Crippen molar-refractivity contribution >= 4 is 0 Å². The van der Waals surface area contributed by atoms with E-state index in [0.717, 1.165) is 5.92 Å². The number of hydrogen-bond donors (Lipinski definition) is 1. The lowest BCUT2D eigenvalue weighted by Gasteiger charge is -2.41. The molecule has 0 unspecified atom stereocenters. The molecular weight excluding hydrogens is 184 g/mol. The topological polar surface area (TPSA) is 29.3 Å². The zero-order chi connectivity index (χ0) is 10.9. The fourth-order valence-electron chi connectivity index (χ4n) is 3.43. The molecule has 0 radical (unpaired) electrons. The Morgan fingerprint density at radius 1 is 1.13 bits per heavy atom. The number of nitrogens with zero attached hydrogens (tertiary/aromatic N) is 1. The van der Waals surface area contributed by atoms with E-state index in [0.29, 0.717) is 6.04 Å². The first-order chi connectivity index (χ1) is 7.12. The van der Waals surface area contributed by atoms with E-state index in [1.54, 1.807) is 0 Å². The normalized spacial score (nSPS) is 28.8. The van der Waals surface area contributed by atoms with E-state index in [-0.39, 0.29) is 5.54 Å². The number of likely N-dealkylation sites (tertiary alicyclic amines) is 1. The molecule has 2 nitrogen and oxygen atoms in total. The van der Waals surface area contributed by atoms with Crippen molar-refractivity contribution in [3.05, 3.63) is 0 Å². The van der Waals surface area contributed by atoms with Crippen molar-refractivity contribution in [1.82, 2.24) is 4.90 Å². The van der Waals surface area contributed by atoms with E-state index in [1.165, 1.54) is 51.6 Å². The molecule has 1 heterocycles. The minimum atomic E-state index is 0.211. The molecule has 0 atom stereocenters. The monoisotopic (exact) mass is 210 g/mol. The molecule has 2 rings (SSSR count). The third-order valence-electron chi connectivity index (χ3n) is 4.61. The van der Waals surface area contributed by atoms with Crippen LogP contribution in [-0.4, -0.2) is 29.6 Å². The van der Waals surface area contributed by atoms with E-state index in [1.807, 2.05) is 0 Å². The highest BCUT2D eigenvalue weighted by Crippen LogP contribution is 2.38. The van der Waals surface area contributed by atoms with Crippen LogP contribution in [0.15, 0.2) is 0 Å². The van der Waals surface area contributed by atoms with Gasteiger partial charge >= 0.3 is 0 Å². The van der Waals surface area contributed by atoms with E-state index in [4.69, 9.17) is 5.73 Å². The summed E-state index contributed by atoms with van der Waals surface area (Å²) in [4.78, 5) is 2.59. The van der Waals surface area contributed by atoms with Gasteiger partial charge in [-0.2, -0.15) is 0 Å². The van der Waals surface area contributed by atoms with Crippen molar-refractivity contribution in [2.45, 2.75) is 64.0 Å². The Balaban J connectivity index is 1.87. The molecule has 1 saturated heterocycles. The average molecular weight is 210 g/mol. The van der Waals surface area contributed by atoms with Gasteiger partial charge in [0, 0.05) is 11.6 Å². The molecule has 2 N–H and O–H groups in total. The first-order valence-electron chi connectivity index (χ1n) is 6.65. The minimum Gasteiger partial charge on any atom is -0.325 e. The van der Waals surface area contributed by atoms with Gasteiger partial charge in [0.2, 0.25) is 0 Å². The molecule has 0 aromatic heterocycles. The summed E-state index contributed by atoms with van der Waals surface area (Å²) in [5, 5.41) is 0. The molecule has 0 aromatic carbocycles. The van der Waals surface area contributed by atoms with Crippen LogP contribution in [0.25, 0.3) is 0 Å². The SMILES string of the molecule is CC(C)N1CCC(C2(N)CCCC2)CC1. The van der Waals surface area contributed by atoms with E-state index in [2.05, 4.69) is 18.7 Å². The standard InChI is InChI=1S/C13H26N2/c1-11(2)15-9-5-12(6-10-15)13(14)7-3-4-8-13/h11-12H,3-10,14H2,1-2H3. The summed E-state index contributed by atoms with van der Waals surface area (Å²) in [6.45, 7) is 7.13. The fraction of sp³-hybridized carbons (Fsp3) is 1.00. The maximum atomic E-state index is 6.54. The Morgan fingerprint density at radius 2 is 1.67 bits per heavy atom. The quantitative estimate of drug-likeness (QED) is 0.758. The number of nitrogens with two attached hydrogens (primary N) is 1. The molecule has 15 heavy (non-hydrogen) atoms. The highest BCUT2D eigenvalue weighted by Gasteiger charge is 2.39. The van der Waals surface area contributed by atoms with Crippen LogP contribution in [0.2, 0.25) is 0 Å². The second kappa shape index (κ2) is 4.42. The largest absolute Gasteiger partial charge is 0.325 e. The third kappa shape index (κ3) is 2.36. The van der Waals surface area contributed by atoms with Gasteiger partial charge in [0.1, 0.15) is 0 Å². The predicted octanol–water partition coefficient (Wildman–Crippen LogP) is 2.38. The molecule has 2 heteroatoms. The van der Waals surface area contributed by atoms with Crippen LogP contribution in [0.3, 0.4) is 0 Å². The summed E-state index contributed by atoms with van der Waals surface area (Å²) < 4.78 is 0. The van der Waals surface area contributed by atoms with Crippen LogP contribution in [0.4, 0.5) is 0 Å². The van der Waals surface area contributed by atoms with Crippen LogP contribution in [0.1, 0.15) is 52.4 Å². The summed E-state index contributed by atoms with van der Waals surface area (Å²) in [6.07, 6.45) is 7.93. The molecule has 0 bridgehead atoms. The summed E-state index contributed by atoms with van der Waals surface area (Å²) in [5.74, 6) is 0.801. The van der Waals surface area contributed by atoms with Crippen LogP contribution < -0.4 is 5.73 Å². The van der Waals surface area contributed by atoms with Gasteiger partial charge in [0.05, 0.1) is 0 Å². The Hall–Kier alpha value is -0.0800. The van der Waals surface area contributed by atoms with Crippen molar-refractivity contribution in [2.75, 3.05) is 13.1 Å². The van der Waals surface area contributed by atoms with Crippen molar-refractivity contribution in [3.63, 3.8) is 0 Å². The first-order valence-corrected chi connectivity index (χ1v) is 6.65. The molecule has 2 aliphatic rings. The number of piperidine rings is 1. The average Bonchev–Trinajstić information content (AvgIpc) is 2.67. The second-order valence-electron chi connectivity index (χ2n) is 5.84. The van der Waals surface area contributed by atoms with Crippen molar-refractivity contribution in [2.24, 2.45) is 11.7 Å². The lowest BCUT2D eigenvalue weighted by Crippen LogP contribution is -2.50. The van der Waals surface area contributed by atoms with Gasteiger partial charge in [-0.1, -0.05) is 12.8 Å². The molecule has 1 saturated carbocycles.